The lowest BCUT2D eigenvalue weighted by Gasteiger charge is -2.25. The largest absolute Gasteiger partial charge is 0.343 e. The van der Waals surface area contributed by atoms with E-state index in [4.69, 9.17) is 9.47 Å². The maximum Gasteiger partial charge on any atom is 0.218 e. The first-order chi connectivity index (χ1) is 5.81. The third-order valence-corrected chi connectivity index (χ3v) is 3.40. The maximum atomic E-state index is 11.3. The van der Waals surface area contributed by atoms with E-state index in [0.717, 1.165) is 5.75 Å². The summed E-state index contributed by atoms with van der Waals surface area (Å²) in [6.45, 7) is 2.69. The zero-order chi connectivity index (χ0) is 8.55. The Hall–Kier alpha value is -0.0600. The van der Waals surface area contributed by atoms with Crippen molar-refractivity contribution >= 4 is 17.5 Å². The molecule has 0 unspecified atom stereocenters. The van der Waals surface area contributed by atoms with Crippen molar-refractivity contribution in [1.29, 1.82) is 0 Å². The Morgan fingerprint density at radius 2 is 2.50 bits per heavy atom. The van der Waals surface area contributed by atoms with Crippen LogP contribution in [0.5, 0.6) is 0 Å². The first-order valence-electron chi connectivity index (χ1n) is 4.22. The van der Waals surface area contributed by atoms with Crippen LogP contribution in [0.2, 0.25) is 0 Å². The summed E-state index contributed by atoms with van der Waals surface area (Å²) in [5, 5.41) is 0.321. The van der Waals surface area contributed by atoms with Crippen LogP contribution in [-0.2, 0) is 14.3 Å². The lowest BCUT2D eigenvalue weighted by Crippen LogP contribution is -2.37. The fourth-order valence-electron chi connectivity index (χ4n) is 1.59. The van der Waals surface area contributed by atoms with E-state index in [9.17, 15) is 4.79 Å². The number of hydrogen-bond acceptors (Lipinski definition) is 4. The van der Waals surface area contributed by atoms with Crippen molar-refractivity contribution in [2.45, 2.75) is 31.0 Å². The highest BCUT2D eigenvalue weighted by molar-refractivity contribution is 7.99. The fraction of sp³-hybridized carbons (Fsp3) is 0.875. The van der Waals surface area contributed by atoms with Crippen LogP contribution in [0.4, 0.5) is 0 Å². The number of thioether (sulfide) groups is 1. The van der Waals surface area contributed by atoms with E-state index in [1.807, 2.05) is 0 Å². The third kappa shape index (κ3) is 1.39. The summed E-state index contributed by atoms with van der Waals surface area (Å²) in [5.74, 6) is 1.14. The number of rotatable bonds is 2. The van der Waals surface area contributed by atoms with Crippen molar-refractivity contribution in [3.05, 3.63) is 0 Å². The minimum Gasteiger partial charge on any atom is -0.343 e. The molecule has 0 saturated carbocycles. The standard InChI is InChI=1S/C8H12O3S/c1-2-12-7-3-5(9)8-10-4-6(7)11-8/h6-8H,2-4H2,1H3/t6-,7+,8+/m0/s1. The van der Waals surface area contributed by atoms with Crippen molar-refractivity contribution in [3.63, 3.8) is 0 Å². The van der Waals surface area contributed by atoms with Gasteiger partial charge in [-0.3, -0.25) is 4.79 Å². The van der Waals surface area contributed by atoms with E-state index in [1.165, 1.54) is 0 Å². The Kier molecular flexibility index (Phi) is 2.39. The highest BCUT2D eigenvalue weighted by Gasteiger charge is 2.42. The molecule has 3 atom stereocenters. The number of fused-ring (bicyclic) bond motifs is 2. The molecule has 2 aliphatic rings. The van der Waals surface area contributed by atoms with Crippen LogP contribution in [0, 0.1) is 0 Å². The second kappa shape index (κ2) is 3.36. The first-order valence-corrected chi connectivity index (χ1v) is 5.27. The van der Waals surface area contributed by atoms with Gasteiger partial charge in [0.15, 0.2) is 5.78 Å². The van der Waals surface area contributed by atoms with Gasteiger partial charge in [-0.2, -0.15) is 11.8 Å². The van der Waals surface area contributed by atoms with Gasteiger partial charge in [-0.15, -0.1) is 0 Å². The first kappa shape index (κ1) is 8.53. The Morgan fingerprint density at radius 3 is 3.25 bits per heavy atom. The molecule has 0 aromatic heterocycles. The van der Waals surface area contributed by atoms with Crippen molar-refractivity contribution in [3.8, 4) is 0 Å². The SMILES string of the molecule is CCS[C@@H]1CC(=O)[C@@H]2OC[C@@H]1O2. The number of carbonyl (C=O) groups is 1. The number of hydrogen-bond donors (Lipinski definition) is 0. The predicted molar refractivity (Wildman–Crippen MR) is 46.2 cm³/mol. The van der Waals surface area contributed by atoms with Gasteiger partial charge in [0.1, 0.15) is 0 Å². The third-order valence-electron chi connectivity index (χ3n) is 2.17. The normalized spacial score (nSPS) is 40.4. The molecule has 68 valence electrons. The van der Waals surface area contributed by atoms with Gasteiger partial charge < -0.3 is 9.47 Å². The number of Topliss-reactive ketones (excluding diaryl/α,β-unsaturated/α-hetero) is 1. The van der Waals surface area contributed by atoms with Crippen LogP contribution in [0.15, 0.2) is 0 Å². The molecule has 4 heteroatoms. The van der Waals surface area contributed by atoms with Crippen LogP contribution in [0.25, 0.3) is 0 Å². The Labute approximate surface area is 75.8 Å². The van der Waals surface area contributed by atoms with E-state index in [0.29, 0.717) is 18.3 Å². The maximum absolute atomic E-state index is 11.3. The van der Waals surface area contributed by atoms with Crippen molar-refractivity contribution in [1.82, 2.24) is 0 Å². The van der Waals surface area contributed by atoms with Gasteiger partial charge in [-0.1, -0.05) is 6.92 Å². The molecule has 0 aliphatic carbocycles. The molecule has 0 N–H and O–H groups in total. The van der Waals surface area contributed by atoms with Crippen molar-refractivity contribution in [2.24, 2.45) is 0 Å². The minimum atomic E-state index is -0.538. The van der Waals surface area contributed by atoms with Gasteiger partial charge in [0.05, 0.1) is 12.7 Å². The Morgan fingerprint density at radius 1 is 1.67 bits per heavy atom. The molecule has 2 bridgehead atoms. The van der Waals surface area contributed by atoms with Gasteiger partial charge in [0.25, 0.3) is 0 Å². The van der Waals surface area contributed by atoms with Crippen LogP contribution in [0.3, 0.4) is 0 Å². The van der Waals surface area contributed by atoms with Crippen LogP contribution in [0.1, 0.15) is 13.3 Å². The molecule has 0 aromatic rings. The lowest BCUT2D eigenvalue weighted by atomic mass is 10.1. The monoisotopic (exact) mass is 188 g/mol. The lowest BCUT2D eigenvalue weighted by molar-refractivity contribution is -0.151. The average Bonchev–Trinajstić information content (AvgIpc) is 2.46. The molecule has 2 rings (SSSR count). The van der Waals surface area contributed by atoms with E-state index >= 15 is 0 Å². The van der Waals surface area contributed by atoms with Gasteiger partial charge >= 0.3 is 0 Å². The molecule has 2 fully saturated rings. The molecule has 0 amide bonds. The van der Waals surface area contributed by atoms with Crippen molar-refractivity contribution in [2.75, 3.05) is 12.4 Å². The number of ether oxygens (including phenoxy) is 2. The zero-order valence-corrected chi connectivity index (χ0v) is 7.80. The van der Waals surface area contributed by atoms with Gasteiger partial charge in [0.2, 0.25) is 6.29 Å². The zero-order valence-electron chi connectivity index (χ0n) is 6.99. The molecular weight excluding hydrogens is 176 g/mol. The van der Waals surface area contributed by atoms with Gasteiger partial charge in [-0.05, 0) is 5.75 Å². The molecule has 2 saturated heterocycles. The van der Waals surface area contributed by atoms with Crippen LogP contribution < -0.4 is 0 Å². The summed E-state index contributed by atoms with van der Waals surface area (Å²) in [7, 11) is 0. The highest BCUT2D eigenvalue weighted by Crippen LogP contribution is 2.32. The van der Waals surface area contributed by atoms with Crippen molar-refractivity contribution < 1.29 is 14.3 Å². The van der Waals surface area contributed by atoms with Crippen LogP contribution in [-0.4, -0.2) is 35.8 Å². The molecule has 0 radical (unpaired) electrons. The number of carbonyl (C=O) groups excluding carboxylic acids is 1. The summed E-state index contributed by atoms with van der Waals surface area (Å²) < 4.78 is 10.6. The molecule has 0 spiro atoms. The molecule has 12 heavy (non-hydrogen) atoms. The second-order valence-corrected chi connectivity index (χ2v) is 4.52. The minimum absolute atomic E-state index is 0.106. The highest BCUT2D eigenvalue weighted by atomic mass is 32.2. The molecule has 2 aliphatic heterocycles. The summed E-state index contributed by atoms with van der Waals surface area (Å²) >= 11 is 1.79. The quantitative estimate of drug-likeness (QED) is 0.643. The van der Waals surface area contributed by atoms with E-state index in [1.54, 1.807) is 11.8 Å². The summed E-state index contributed by atoms with van der Waals surface area (Å²) in [6, 6.07) is 0. The number of ketones is 1. The summed E-state index contributed by atoms with van der Waals surface area (Å²) in [5.41, 5.74) is 0. The van der Waals surface area contributed by atoms with E-state index < -0.39 is 6.29 Å². The molecule has 2 heterocycles. The van der Waals surface area contributed by atoms with Gasteiger partial charge in [0, 0.05) is 11.7 Å². The van der Waals surface area contributed by atoms with Crippen LogP contribution >= 0.6 is 11.8 Å². The Balaban J connectivity index is 2.02. The average molecular weight is 188 g/mol. The summed E-state index contributed by atoms with van der Waals surface area (Å²) in [6.07, 6.45) is 0.231. The fourth-order valence-corrected chi connectivity index (χ4v) is 2.66. The smallest absolute Gasteiger partial charge is 0.218 e. The molecule has 0 aromatic carbocycles. The van der Waals surface area contributed by atoms with E-state index in [2.05, 4.69) is 6.92 Å². The van der Waals surface area contributed by atoms with Gasteiger partial charge in [-0.25, -0.2) is 0 Å². The predicted octanol–water partition coefficient (Wildman–Crippen LogP) is 0.822. The molecule has 3 nitrogen and oxygen atoms in total. The summed E-state index contributed by atoms with van der Waals surface area (Å²) in [4.78, 5) is 11.3. The molecular formula is C8H12O3S. The van der Waals surface area contributed by atoms with E-state index in [-0.39, 0.29) is 11.9 Å². The second-order valence-electron chi connectivity index (χ2n) is 3.00. The Bertz CT molecular complexity index is 195. The topological polar surface area (TPSA) is 35.5 Å².